The molecular formula is C16H17NO4S. The van der Waals surface area contributed by atoms with Gasteiger partial charge in [-0.3, -0.25) is 4.79 Å². The summed E-state index contributed by atoms with van der Waals surface area (Å²) >= 11 is 0. The number of anilines is 1. The third-order valence-corrected chi connectivity index (χ3v) is 4.25. The van der Waals surface area contributed by atoms with E-state index in [2.05, 4.69) is 5.32 Å². The Morgan fingerprint density at radius 2 is 1.68 bits per heavy atom. The highest BCUT2D eigenvalue weighted by Crippen LogP contribution is 2.24. The van der Waals surface area contributed by atoms with Gasteiger partial charge in [0, 0.05) is 12.6 Å². The van der Waals surface area contributed by atoms with Crippen LogP contribution in [-0.2, 0) is 14.9 Å². The predicted octanol–water partition coefficient (Wildman–Crippen LogP) is 3.03. The second-order valence-electron chi connectivity index (χ2n) is 5.01. The number of hydrogen-bond donors (Lipinski definition) is 1. The quantitative estimate of drug-likeness (QED) is 0.879. The molecule has 5 nitrogen and oxygen atoms in total. The first-order valence-corrected chi connectivity index (χ1v) is 8.08. The molecule has 0 saturated heterocycles. The highest BCUT2D eigenvalue weighted by molar-refractivity contribution is 7.87. The Kier molecular flexibility index (Phi) is 4.51. The number of aryl methyl sites for hydroxylation is 2. The summed E-state index contributed by atoms with van der Waals surface area (Å²) in [5, 5.41) is 2.58. The molecule has 1 amide bonds. The van der Waals surface area contributed by atoms with Crippen molar-refractivity contribution in [2.24, 2.45) is 0 Å². The van der Waals surface area contributed by atoms with Gasteiger partial charge in [0.2, 0.25) is 5.91 Å². The van der Waals surface area contributed by atoms with E-state index in [1.807, 2.05) is 13.0 Å². The fourth-order valence-corrected chi connectivity index (χ4v) is 2.85. The van der Waals surface area contributed by atoms with Crippen molar-refractivity contribution in [3.05, 3.63) is 53.6 Å². The molecule has 1 N–H and O–H groups in total. The number of hydrogen-bond acceptors (Lipinski definition) is 4. The standard InChI is InChI=1S/C16H17NO4S/c1-11-4-5-12(2)16(10-11)21-22(19,20)15-8-6-14(7-9-15)17-13(3)18/h4-10H,1-3H3,(H,17,18). The molecule has 0 bridgehead atoms. The molecule has 0 fully saturated rings. The van der Waals surface area contributed by atoms with E-state index in [1.54, 1.807) is 19.1 Å². The van der Waals surface area contributed by atoms with Gasteiger partial charge in [-0.05, 0) is 55.3 Å². The van der Waals surface area contributed by atoms with Gasteiger partial charge in [0.1, 0.15) is 10.6 Å². The maximum Gasteiger partial charge on any atom is 0.339 e. The van der Waals surface area contributed by atoms with E-state index in [9.17, 15) is 13.2 Å². The first kappa shape index (κ1) is 16.0. The van der Waals surface area contributed by atoms with Crippen LogP contribution in [0.3, 0.4) is 0 Å². The molecule has 0 unspecified atom stereocenters. The topological polar surface area (TPSA) is 72.5 Å². The molecule has 0 radical (unpaired) electrons. The molecule has 2 aromatic carbocycles. The Morgan fingerprint density at radius 3 is 2.27 bits per heavy atom. The predicted molar refractivity (Wildman–Crippen MR) is 84.5 cm³/mol. The summed E-state index contributed by atoms with van der Waals surface area (Å²) in [6, 6.07) is 11.2. The van der Waals surface area contributed by atoms with Gasteiger partial charge >= 0.3 is 10.1 Å². The summed E-state index contributed by atoms with van der Waals surface area (Å²) in [5.74, 6) is 0.0909. The molecule has 0 aliphatic rings. The van der Waals surface area contributed by atoms with Crippen molar-refractivity contribution < 1.29 is 17.4 Å². The average molecular weight is 319 g/mol. The molecule has 2 aromatic rings. The maximum absolute atomic E-state index is 12.3. The third-order valence-electron chi connectivity index (χ3n) is 3.01. The van der Waals surface area contributed by atoms with Crippen LogP contribution in [0.2, 0.25) is 0 Å². The van der Waals surface area contributed by atoms with E-state index in [4.69, 9.17) is 4.18 Å². The maximum atomic E-state index is 12.3. The van der Waals surface area contributed by atoms with Gasteiger partial charge in [-0.15, -0.1) is 0 Å². The van der Waals surface area contributed by atoms with Crippen LogP contribution >= 0.6 is 0 Å². The average Bonchev–Trinajstić information content (AvgIpc) is 2.42. The largest absolute Gasteiger partial charge is 0.379 e. The molecule has 0 saturated carbocycles. The van der Waals surface area contributed by atoms with Crippen LogP contribution in [0.25, 0.3) is 0 Å². The molecule has 0 spiro atoms. The number of carbonyl (C=O) groups excluding carboxylic acids is 1. The van der Waals surface area contributed by atoms with Crippen molar-refractivity contribution in [3.63, 3.8) is 0 Å². The van der Waals surface area contributed by atoms with Crippen LogP contribution in [0.4, 0.5) is 5.69 Å². The third kappa shape index (κ3) is 3.85. The van der Waals surface area contributed by atoms with Crippen molar-refractivity contribution >= 4 is 21.7 Å². The van der Waals surface area contributed by atoms with Crippen LogP contribution in [-0.4, -0.2) is 14.3 Å². The van der Waals surface area contributed by atoms with Crippen molar-refractivity contribution in [2.45, 2.75) is 25.7 Å². The number of benzene rings is 2. The fraction of sp³-hybridized carbons (Fsp3) is 0.188. The second-order valence-corrected chi connectivity index (χ2v) is 6.56. The summed E-state index contributed by atoms with van der Waals surface area (Å²) in [6.07, 6.45) is 0. The number of nitrogens with one attached hydrogen (secondary N) is 1. The molecule has 22 heavy (non-hydrogen) atoms. The zero-order chi connectivity index (χ0) is 16.3. The summed E-state index contributed by atoms with van der Waals surface area (Å²) in [6.45, 7) is 5.03. The fourth-order valence-electron chi connectivity index (χ4n) is 1.87. The lowest BCUT2D eigenvalue weighted by Crippen LogP contribution is -2.11. The summed E-state index contributed by atoms with van der Waals surface area (Å²) in [5.41, 5.74) is 2.18. The molecular weight excluding hydrogens is 302 g/mol. The number of amides is 1. The lowest BCUT2D eigenvalue weighted by Gasteiger charge is -2.10. The summed E-state index contributed by atoms with van der Waals surface area (Å²) in [7, 11) is -3.91. The molecule has 0 heterocycles. The van der Waals surface area contributed by atoms with E-state index < -0.39 is 10.1 Å². The molecule has 116 valence electrons. The van der Waals surface area contributed by atoms with Gasteiger partial charge < -0.3 is 9.50 Å². The van der Waals surface area contributed by atoms with Crippen LogP contribution in [0.15, 0.2) is 47.4 Å². The van der Waals surface area contributed by atoms with E-state index in [-0.39, 0.29) is 10.8 Å². The molecule has 0 atom stereocenters. The van der Waals surface area contributed by atoms with E-state index in [1.165, 1.54) is 31.2 Å². The first-order valence-electron chi connectivity index (χ1n) is 6.67. The van der Waals surface area contributed by atoms with Crippen molar-refractivity contribution in [3.8, 4) is 5.75 Å². The summed E-state index contributed by atoms with van der Waals surface area (Å²) < 4.78 is 29.8. The smallest absolute Gasteiger partial charge is 0.339 e. The summed E-state index contributed by atoms with van der Waals surface area (Å²) in [4.78, 5) is 11.0. The Bertz CT molecular complexity index is 795. The van der Waals surface area contributed by atoms with Gasteiger partial charge in [0.25, 0.3) is 0 Å². The molecule has 0 aliphatic carbocycles. The molecule has 0 aromatic heterocycles. The lowest BCUT2D eigenvalue weighted by atomic mass is 10.1. The second kappa shape index (κ2) is 6.19. The highest BCUT2D eigenvalue weighted by atomic mass is 32.2. The SMILES string of the molecule is CC(=O)Nc1ccc(S(=O)(=O)Oc2cc(C)ccc2C)cc1. The Labute approximate surface area is 130 Å². The van der Waals surface area contributed by atoms with E-state index in [0.29, 0.717) is 11.4 Å². The van der Waals surface area contributed by atoms with E-state index >= 15 is 0 Å². The van der Waals surface area contributed by atoms with Gasteiger partial charge in [-0.1, -0.05) is 12.1 Å². The Hall–Kier alpha value is -2.34. The van der Waals surface area contributed by atoms with E-state index in [0.717, 1.165) is 11.1 Å². The zero-order valence-electron chi connectivity index (χ0n) is 12.6. The van der Waals surface area contributed by atoms with Gasteiger partial charge in [0.15, 0.2) is 0 Å². The van der Waals surface area contributed by atoms with Gasteiger partial charge in [-0.2, -0.15) is 8.42 Å². The Morgan fingerprint density at radius 1 is 1.05 bits per heavy atom. The number of rotatable bonds is 4. The van der Waals surface area contributed by atoms with Crippen molar-refractivity contribution in [1.29, 1.82) is 0 Å². The lowest BCUT2D eigenvalue weighted by molar-refractivity contribution is -0.114. The molecule has 6 heteroatoms. The first-order chi connectivity index (χ1) is 10.3. The zero-order valence-corrected chi connectivity index (χ0v) is 13.4. The minimum absolute atomic E-state index is 0.0301. The van der Waals surface area contributed by atoms with Gasteiger partial charge in [-0.25, -0.2) is 0 Å². The normalized spacial score (nSPS) is 11.0. The van der Waals surface area contributed by atoms with Crippen molar-refractivity contribution in [1.82, 2.24) is 0 Å². The van der Waals surface area contributed by atoms with Crippen LogP contribution in [0, 0.1) is 13.8 Å². The van der Waals surface area contributed by atoms with Gasteiger partial charge in [0.05, 0.1) is 0 Å². The monoisotopic (exact) mass is 319 g/mol. The molecule has 0 aliphatic heterocycles. The van der Waals surface area contributed by atoms with Crippen LogP contribution < -0.4 is 9.50 Å². The minimum Gasteiger partial charge on any atom is -0.379 e. The van der Waals surface area contributed by atoms with Crippen molar-refractivity contribution in [2.75, 3.05) is 5.32 Å². The molecule has 2 rings (SSSR count). The van der Waals surface area contributed by atoms with Crippen LogP contribution in [0.1, 0.15) is 18.1 Å². The number of carbonyl (C=O) groups is 1. The Balaban J connectivity index is 2.26. The minimum atomic E-state index is -3.91. The van der Waals surface area contributed by atoms with Crippen LogP contribution in [0.5, 0.6) is 5.75 Å². The highest BCUT2D eigenvalue weighted by Gasteiger charge is 2.17.